The number of aliphatic carboxylic acids is 1. The minimum Gasteiger partial charge on any atom is -0.547 e. The van der Waals surface area contributed by atoms with Crippen molar-refractivity contribution in [3.8, 4) is 0 Å². The molecule has 0 bridgehead atoms. The van der Waals surface area contributed by atoms with Crippen molar-refractivity contribution in [1.82, 2.24) is 0 Å². The zero-order chi connectivity index (χ0) is 35.2. The summed E-state index contributed by atoms with van der Waals surface area (Å²) in [7, 11) is 0. The van der Waals surface area contributed by atoms with Crippen molar-refractivity contribution in [2.45, 2.75) is 151 Å². The summed E-state index contributed by atoms with van der Waals surface area (Å²) in [6.45, 7) is 2.78. The monoisotopic (exact) mass is 718 g/mol. The molecule has 2 saturated carbocycles. The molecule has 2 saturated heterocycles. The van der Waals surface area contributed by atoms with Crippen LogP contribution in [-0.2, 0) is 33.2 Å². The van der Waals surface area contributed by atoms with Gasteiger partial charge in [-0.25, -0.2) is 4.79 Å². The Hall–Kier alpha value is -1.24. The number of ether oxygens (including phenoxy) is 6. The quantitative estimate of drug-likeness (QED) is 0.109. The van der Waals surface area contributed by atoms with E-state index in [1.165, 1.54) is 12.1 Å². The van der Waals surface area contributed by atoms with Crippen molar-refractivity contribution >= 4 is 11.9 Å². The van der Waals surface area contributed by atoms with Gasteiger partial charge in [-0.15, -0.1) is 0 Å². The van der Waals surface area contributed by atoms with Crippen molar-refractivity contribution in [2.75, 3.05) is 6.61 Å². The molecule has 2 aliphatic carbocycles. The van der Waals surface area contributed by atoms with E-state index in [1.54, 1.807) is 25.1 Å². The van der Waals surface area contributed by atoms with E-state index in [2.05, 4.69) is 0 Å². The van der Waals surface area contributed by atoms with Crippen molar-refractivity contribution in [1.29, 1.82) is 0 Å². The van der Waals surface area contributed by atoms with Gasteiger partial charge < -0.3 is 63.9 Å². The molecule has 2 heterocycles. The third-order valence-corrected chi connectivity index (χ3v) is 10.4. The van der Waals surface area contributed by atoms with Crippen LogP contribution >= 0.6 is 0 Å². The number of carboxylic acids is 1. The zero-order valence-electron chi connectivity index (χ0n) is 29.0. The maximum absolute atomic E-state index is 13.4. The smallest absolute Gasteiger partial charge is 0.547 e. The van der Waals surface area contributed by atoms with Gasteiger partial charge in [0.2, 0.25) is 0 Å². The SMILES string of the molecule is CC1CCC[C@@H](O[C@@H]2O[C@H](CO)[C@H](O)[C@H](O[C@@H](CC3CCCCC3)C(=O)[O-])[C@H]2OC(=O)c2ccccc2)[C@@H]1O[C@@H]1O[C@@H](C)[C@@H](O)[C@@H](O)[C@@H]1O.[Na+]. The van der Waals surface area contributed by atoms with Crippen molar-refractivity contribution < 1.29 is 98.2 Å². The van der Waals surface area contributed by atoms with E-state index < -0.39 is 98.3 Å². The van der Waals surface area contributed by atoms with Crippen LogP contribution in [-0.4, -0.2) is 124 Å². The van der Waals surface area contributed by atoms with Crippen LogP contribution in [0.3, 0.4) is 0 Å². The fourth-order valence-electron chi connectivity index (χ4n) is 7.48. The Balaban J connectivity index is 0.00000562. The van der Waals surface area contributed by atoms with Crippen LogP contribution in [0.5, 0.6) is 0 Å². The first-order valence-electron chi connectivity index (χ1n) is 17.6. The summed E-state index contributed by atoms with van der Waals surface area (Å²) < 4.78 is 36.4. The summed E-state index contributed by atoms with van der Waals surface area (Å²) in [5.74, 6) is -2.35. The number of benzene rings is 1. The number of esters is 1. The van der Waals surface area contributed by atoms with E-state index in [0.29, 0.717) is 12.8 Å². The second kappa shape index (κ2) is 19.2. The number of carbonyl (C=O) groups is 2. The van der Waals surface area contributed by atoms with E-state index in [4.69, 9.17) is 28.4 Å². The predicted molar refractivity (Wildman–Crippen MR) is 167 cm³/mol. The second-order valence-corrected chi connectivity index (χ2v) is 14.0. The van der Waals surface area contributed by atoms with E-state index >= 15 is 0 Å². The number of carbonyl (C=O) groups excluding carboxylic acids is 2. The topological polar surface area (TPSA) is 214 Å². The van der Waals surface area contributed by atoms with Gasteiger partial charge in [-0.3, -0.25) is 0 Å². The molecule has 1 aromatic rings. The number of hydrogen-bond acceptors (Lipinski definition) is 14. The molecular weight excluding hydrogens is 667 g/mol. The molecule has 50 heavy (non-hydrogen) atoms. The fourth-order valence-corrected chi connectivity index (χ4v) is 7.48. The van der Waals surface area contributed by atoms with Crippen LogP contribution in [0, 0.1) is 11.8 Å². The van der Waals surface area contributed by atoms with Crippen molar-refractivity contribution in [2.24, 2.45) is 11.8 Å². The number of carboxylic acid groups (broad SMARTS) is 1. The van der Waals surface area contributed by atoms with E-state index in [9.17, 15) is 40.2 Å². The summed E-state index contributed by atoms with van der Waals surface area (Å²) in [5.41, 5.74) is 0.184. The van der Waals surface area contributed by atoms with Crippen LogP contribution in [0.1, 0.15) is 82.0 Å². The maximum Gasteiger partial charge on any atom is 1.00 e. The normalized spacial score (nSPS) is 38.8. The molecule has 4 aliphatic rings. The second-order valence-electron chi connectivity index (χ2n) is 14.0. The van der Waals surface area contributed by atoms with Gasteiger partial charge in [-0.05, 0) is 50.2 Å². The van der Waals surface area contributed by atoms with Gasteiger partial charge in [-0.1, -0.05) is 63.6 Å². The minimum atomic E-state index is -1.61. The zero-order valence-corrected chi connectivity index (χ0v) is 31.0. The fraction of sp³-hybridized carbons (Fsp3) is 0.771. The van der Waals surface area contributed by atoms with Crippen LogP contribution < -0.4 is 34.7 Å². The number of aliphatic hydroxyl groups excluding tert-OH is 5. The molecule has 5 N–H and O–H groups in total. The Morgan fingerprint density at radius 2 is 1.52 bits per heavy atom. The summed E-state index contributed by atoms with van der Waals surface area (Å²) >= 11 is 0. The molecule has 15 heteroatoms. The number of rotatable bonds is 12. The van der Waals surface area contributed by atoms with Gasteiger partial charge in [0, 0.05) is 0 Å². The van der Waals surface area contributed by atoms with E-state index in [-0.39, 0.29) is 53.4 Å². The maximum atomic E-state index is 13.4. The van der Waals surface area contributed by atoms with Crippen molar-refractivity contribution in [3.05, 3.63) is 35.9 Å². The first-order chi connectivity index (χ1) is 23.5. The average molecular weight is 719 g/mol. The van der Waals surface area contributed by atoms with Gasteiger partial charge in [0.25, 0.3) is 0 Å². The molecule has 1 aromatic carbocycles. The Morgan fingerprint density at radius 1 is 0.820 bits per heavy atom. The van der Waals surface area contributed by atoms with Gasteiger partial charge in [0.15, 0.2) is 18.7 Å². The van der Waals surface area contributed by atoms with Crippen LogP contribution in [0.4, 0.5) is 0 Å². The first-order valence-corrected chi connectivity index (χ1v) is 17.6. The molecule has 2 aliphatic heterocycles. The molecule has 0 spiro atoms. The van der Waals surface area contributed by atoms with Crippen LogP contribution in [0.2, 0.25) is 0 Å². The van der Waals surface area contributed by atoms with Crippen LogP contribution in [0.25, 0.3) is 0 Å². The summed E-state index contributed by atoms with van der Waals surface area (Å²) in [6.07, 6.45) is -10.1. The molecule has 0 aromatic heterocycles. The van der Waals surface area contributed by atoms with Gasteiger partial charge >= 0.3 is 35.5 Å². The average Bonchev–Trinajstić information content (AvgIpc) is 3.10. The minimum absolute atomic E-state index is 0. The third-order valence-electron chi connectivity index (χ3n) is 10.4. The predicted octanol–water partition coefficient (Wildman–Crippen LogP) is -2.81. The summed E-state index contributed by atoms with van der Waals surface area (Å²) in [5, 5.41) is 65.2. The Morgan fingerprint density at radius 3 is 2.18 bits per heavy atom. The molecule has 0 amide bonds. The van der Waals surface area contributed by atoms with Gasteiger partial charge in [-0.2, -0.15) is 0 Å². The molecule has 14 nitrogen and oxygen atoms in total. The van der Waals surface area contributed by atoms with E-state index in [0.717, 1.165) is 38.5 Å². The van der Waals surface area contributed by atoms with Crippen molar-refractivity contribution in [3.63, 3.8) is 0 Å². The summed E-state index contributed by atoms with van der Waals surface area (Å²) in [6, 6.07) is 8.08. The largest absolute Gasteiger partial charge is 1.00 e. The molecular formula is C35H51NaO14. The Bertz CT molecular complexity index is 1200. The molecule has 5 rings (SSSR count). The molecule has 4 fully saturated rings. The Labute approximate surface area is 314 Å². The standard InChI is InChI=1S/C35H52O14.Na/c1-18-10-9-15-22(29(18)49-34-28(40)27(39)25(37)19(2)44-34)46-35-31(48-33(43)21-13-7-4-8-14-21)30(26(38)24(17-36)47-35)45-23(32(41)42)16-20-11-5-3-6-12-20;/h4,7-8,13-14,18-20,22-31,34-40H,3,5-6,9-12,15-17H2,1-2H3,(H,41,42);/q;+1/p-1/t18?,19-,22+,23-,24+,25+,26-,27+,28-,29+,30-,31+,34-,35+;/m0./s1. The van der Waals surface area contributed by atoms with E-state index in [1.807, 2.05) is 6.92 Å². The molecule has 0 radical (unpaired) electrons. The number of aliphatic hydroxyl groups is 5. The Kier molecular flexibility index (Phi) is 15.9. The van der Waals surface area contributed by atoms with Gasteiger partial charge in [0.05, 0.1) is 42.6 Å². The summed E-state index contributed by atoms with van der Waals surface area (Å²) in [4.78, 5) is 25.8. The third kappa shape index (κ3) is 10.0. The van der Waals surface area contributed by atoms with Crippen LogP contribution in [0.15, 0.2) is 30.3 Å². The number of hydrogen-bond donors (Lipinski definition) is 5. The first kappa shape index (κ1) is 41.5. The van der Waals surface area contributed by atoms with Gasteiger partial charge in [0.1, 0.15) is 36.6 Å². The molecule has 14 atom stereocenters. The molecule has 1 unspecified atom stereocenters. The molecule has 276 valence electrons.